The van der Waals surface area contributed by atoms with Crippen LogP contribution in [0, 0.1) is 17.8 Å². The first kappa shape index (κ1) is 9.64. The van der Waals surface area contributed by atoms with Gasteiger partial charge in [-0.3, -0.25) is 4.79 Å². The molecule has 15 heavy (non-hydrogen) atoms. The van der Waals surface area contributed by atoms with E-state index in [0.717, 1.165) is 37.5 Å². The monoisotopic (exact) mass is 208 g/mol. The molecule has 3 aliphatic carbocycles. The Morgan fingerprint density at radius 1 is 1.13 bits per heavy atom. The molecule has 0 aromatic carbocycles. The zero-order valence-corrected chi connectivity index (χ0v) is 9.11. The summed E-state index contributed by atoms with van der Waals surface area (Å²) in [6, 6.07) is 0.458. The van der Waals surface area contributed by atoms with Gasteiger partial charge in [0.1, 0.15) is 0 Å². The lowest BCUT2D eigenvalue weighted by molar-refractivity contribution is -0.125. The molecule has 4 atom stereocenters. The highest BCUT2D eigenvalue weighted by Gasteiger charge is 2.48. The van der Waals surface area contributed by atoms with Crippen LogP contribution in [-0.2, 0) is 4.79 Å². The fraction of sp³-hybridized carbons (Fsp3) is 0.917. The molecule has 3 N–H and O–H groups in total. The van der Waals surface area contributed by atoms with Crippen LogP contribution in [0.3, 0.4) is 0 Å². The number of carbonyl (C=O) groups excluding carboxylic acids is 1. The van der Waals surface area contributed by atoms with Gasteiger partial charge in [0.25, 0.3) is 0 Å². The molecule has 0 aromatic rings. The number of amides is 1. The average molecular weight is 208 g/mol. The Hall–Kier alpha value is -0.570. The summed E-state index contributed by atoms with van der Waals surface area (Å²) in [6.07, 6.45) is 6.97. The molecule has 84 valence electrons. The molecule has 0 saturated heterocycles. The molecule has 3 heteroatoms. The smallest absolute Gasteiger partial charge is 0.223 e. The number of nitrogens with one attached hydrogen (secondary N) is 1. The molecule has 3 saturated carbocycles. The number of hydrogen-bond donors (Lipinski definition) is 2. The number of rotatable bonds is 2. The second kappa shape index (κ2) is 3.48. The van der Waals surface area contributed by atoms with Gasteiger partial charge in [0.2, 0.25) is 5.91 Å². The zero-order valence-electron chi connectivity index (χ0n) is 9.11. The van der Waals surface area contributed by atoms with Gasteiger partial charge in [-0.2, -0.15) is 0 Å². The summed E-state index contributed by atoms with van der Waals surface area (Å²) in [5.74, 6) is 2.36. The lowest BCUT2D eigenvalue weighted by Crippen LogP contribution is -2.46. The highest BCUT2D eigenvalue weighted by atomic mass is 16.2. The summed E-state index contributed by atoms with van der Waals surface area (Å²) in [6.45, 7) is 0. The summed E-state index contributed by atoms with van der Waals surface area (Å²) in [5, 5.41) is 3.15. The second-order valence-corrected chi connectivity index (χ2v) is 5.63. The van der Waals surface area contributed by atoms with Crippen LogP contribution in [-0.4, -0.2) is 18.0 Å². The predicted octanol–water partition coefficient (Wildman–Crippen LogP) is 1.03. The van der Waals surface area contributed by atoms with Crippen molar-refractivity contribution in [1.82, 2.24) is 5.32 Å². The van der Waals surface area contributed by atoms with Crippen molar-refractivity contribution in [1.29, 1.82) is 0 Å². The average Bonchev–Trinajstić information content (AvgIpc) is 2.64. The molecule has 1 amide bonds. The van der Waals surface area contributed by atoms with Crippen LogP contribution in [0.25, 0.3) is 0 Å². The van der Waals surface area contributed by atoms with E-state index in [0.29, 0.717) is 5.92 Å². The first-order valence-corrected chi connectivity index (χ1v) is 6.30. The Labute approximate surface area is 90.8 Å². The minimum Gasteiger partial charge on any atom is -0.352 e. The van der Waals surface area contributed by atoms with Gasteiger partial charge in [-0.1, -0.05) is 0 Å². The van der Waals surface area contributed by atoms with Crippen molar-refractivity contribution in [3.63, 3.8) is 0 Å². The number of nitrogens with two attached hydrogens (primary N) is 1. The lowest BCUT2D eigenvalue weighted by atomic mass is 10.0. The van der Waals surface area contributed by atoms with Crippen LogP contribution in [0.15, 0.2) is 0 Å². The van der Waals surface area contributed by atoms with Gasteiger partial charge in [0, 0.05) is 18.0 Å². The highest BCUT2D eigenvalue weighted by Crippen LogP contribution is 2.54. The van der Waals surface area contributed by atoms with E-state index in [2.05, 4.69) is 5.32 Å². The van der Waals surface area contributed by atoms with Gasteiger partial charge in [-0.25, -0.2) is 0 Å². The molecule has 4 unspecified atom stereocenters. The van der Waals surface area contributed by atoms with Gasteiger partial charge >= 0.3 is 0 Å². The van der Waals surface area contributed by atoms with Crippen molar-refractivity contribution >= 4 is 5.91 Å². The molecular weight excluding hydrogens is 188 g/mol. The third kappa shape index (κ3) is 1.78. The van der Waals surface area contributed by atoms with Gasteiger partial charge in [0.05, 0.1) is 0 Å². The standard InChI is InChI=1S/C12H20N2O/c13-10-2-1-3-11(10)14-12(15)9-5-7-4-8(7)6-9/h7-11H,1-6,13H2,(H,14,15). The van der Waals surface area contributed by atoms with E-state index in [9.17, 15) is 4.79 Å². The Kier molecular flexibility index (Phi) is 2.23. The number of fused-ring (bicyclic) bond motifs is 1. The van der Waals surface area contributed by atoms with Gasteiger partial charge in [-0.15, -0.1) is 0 Å². The quantitative estimate of drug-likeness (QED) is 0.712. The first-order chi connectivity index (χ1) is 7.24. The molecule has 3 rings (SSSR count). The molecular formula is C12H20N2O. The van der Waals surface area contributed by atoms with Crippen molar-refractivity contribution in [2.45, 2.75) is 50.6 Å². The Balaban J connectivity index is 1.52. The van der Waals surface area contributed by atoms with Gasteiger partial charge in [-0.05, 0) is 50.4 Å². The van der Waals surface area contributed by atoms with E-state index in [1.165, 1.54) is 12.8 Å². The van der Waals surface area contributed by atoms with E-state index in [-0.39, 0.29) is 18.0 Å². The minimum atomic E-state index is 0.199. The Morgan fingerprint density at radius 3 is 2.47 bits per heavy atom. The summed E-state index contributed by atoms with van der Waals surface area (Å²) in [5.41, 5.74) is 5.95. The van der Waals surface area contributed by atoms with E-state index in [1.807, 2.05) is 0 Å². The third-order valence-electron chi connectivity index (χ3n) is 4.51. The summed E-state index contributed by atoms with van der Waals surface area (Å²) in [4.78, 5) is 11.9. The van der Waals surface area contributed by atoms with Crippen LogP contribution >= 0.6 is 0 Å². The predicted molar refractivity (Wildman–Crippen MR) is 58.1 cm³/mol. The van der Waals surface area contributed by atoms with Crippen LogP contribution in [0.5, 0.6) is 0 Å². The number of hydrogen-bond acceptors (Lipinski definition) is 2. The van der Waals surface area contributed by atoms with E-state index in [4.69, 9.17) is 5.73 Å². The molecule has 3 aliphatic rings. The van der Waals surface area contributed by atoms with Crippen LogP contribution in [0.1, 0.15) is 38.5 Å². The molecule has 0 spiro atoms. The lowest BCUT2D eigenvalue weighted by Gasteiger charge is -2.20. The maximum Gasteiger partial charge on any atom is 0.223 e. The van der Waals surface area contributed by atoms with Crippen molar-refractivity contribution < 1.29 is 4.79 Å². The van der Waals surface area contributed by atoms with Gasteiger partial charge < -0.3 is 11.1 Å². The Morgan fingerprint density at radius 2 is 1.87 bits per heavy atom. The van der Waals surface area contributed by atoms with Crippen LogP contribution < -0.4 is 11.1 Å². The summed E-state index contributed by atoms with van der Waals surface area (Å²) >= 11 is 0. The Bertz CT molecular complexity index is 269. The molecule has 0 radical (unpaired) electrons. The second-order valence-electron chi connectivity index (χ2n) is 5.63. The fourth-order valence-electron chi connectivity index (χ4n) is 3.40. The van der Waals surface area contributed by atoms with E-state index in [1.54, 1.807) is 0 Å². The van der Waals surface area contributed by atoms with E-state index < -0.39 is 0 Å². The summed E-state index contributed by atoms with van der Waals surface area (Å²) in [7, 11) is 0. The minimum absolute atomic E-state index is 0.199. The SMILES string of the molecule is NC1CCCC1NC(=O)C1CC2CC2C1. The van der Waals surface area contributed by atoms with Crippen molar-refractivity contribution in [3.05, 3.63) is 0 Å². The topological polar surface area (TPSA) is 55.1 Å². The largest absolute Gasteiger partial charge is 0.352 e. The maximum atomic E-state index is 11.9. The zero-order chi connectivity index (χ0) is 10.4. The van der Waals surface area contributed by atoms with E-state index >= 15 is 0 Å². The fourth-order valence-corrected chi connectivity index (χ4v) is 3.40. The molecule has 0 heterocycles. The molecule has 0 bridgehead atoms. The third-order valence-corrected chi connectivity index (χ3v) is 4.51. The summed E-state index contributed by atoms with van der Waals surface area (Å²) < 4.78 is 0. The molecule has 0 aromatic heterocycles. The normalized spacial score (nSPS) is 47.7. The first-order valence-electron chi connectivity index (χ1n) is 6.30. The highest BCUT2D eigenvalue weighted by molar-refractivity contribution is 5.79. The number of carbonyl (C=O) groups is 1. The van der Waals surface area contributed by atoms with Crippen molar-refractivity contribution in [2.24, 2.45) is 23.5 Å². The van der Waals surface area contributed by atoms with Crippen LogP contribution in [0.4, 0.5) is 0 Å². The molecule has 3 fully saturated rings. The molecule has 0 aliphatic heterocycles. The van der Waals surface area contributed by atoms with Crippen molar-refractivity contribution in [3.8, 4) is 0 Å². The molecule has 3 nitrogen and oxygen atoms in total. The van der Waals surface area contributed by atoms with Crippen molar-refractivity contribution in [2.75, 3.05) is 0 Å². The van der Waals surface area contributed by atoms with Gasteiger partial charge in [0.15, 0.2) is 0 Å². The van der Waals surface area contributed by atoms with Crippen LogP contribution in [0.2, 0.25) is 0 Å². The maximum absolute atomic E-state index is 11.9.